The lowest BCUT2D eigenvalue weighted by molar-refractivity contribution is 0.269. The number of nitrogens with zero attached hydrogens (tertiary/aromatic N) is 2. The Bertz CT molecular complexity index is 461. The third-order valence-corrected chi connectivity index (χ3v) is 3.49. The molecular formula is C14H21FN4. The van der Waals surface area contributed by atoms with Crippen LogP contribution in [0.25, 0.3) is 0 Å². The Balaban J connectivity index is 2.07. The van der Waals surface area contributed by atoms with Crippen LogP contribution >= 0.6 is 0 Å². The Morgan fingerprint density at radius 3 is 2.79 bits per heavy atom. The molecule has 2 rings (SSSR count). The summed E-state index contributed by atoms with van der Waals surface area (Å²) in [6.45, 7) is 4.87. The lowest BCUT2D eigenvalue weighted by Crippen LogP contribution is -2.28. The fourth-order valence-corrected chi connectivity index (χ4v) is 2.41. The van der Waals surface area contributed by atoms with E-state index in [0.29, 0.717) is 12.1 Å². The normalized spacial score (nSPS) is 18.2. The van der Waals surface area contributed by atoms with E-state index in [2.05, 4.69) is 16.8 Å². The number of benzene rings is 1. The minimum atomic E-state index is -0.324. The van der Waals surface area contributed by atoms with E-state index in [1.165, 1.54) is 12.1 Å². The fraction of sp³-hybridized carbons (Fsp3) is 0.500. The molecule has 0 aliphatic carbocycles. The number of amidine groups is 1. The van der Waals surface area contributed by atoms with Crippen LogP contribution in [0.3, 0.4) is 0 Å². The molecule has 0 saturated carbocycles. The quantitative estimate of drug-likeness (QED) is 0.638. The summed E-state index contributed by atoms with van der Waals surface area (Å²) in [6.07, 6.45) is 1.13. The number of hydrogen-bond donors (Lipinski definition) is 2. The molecule has 1 heterocycles. The van der Waals surface area contributed by atoms with Gasteiger partial charge in [-0.2, -0.15) is 0 Å². The molecule has 5 heteroatoms. The lowest BCUT2D eigenvalue weighted by atomic mass is 10.1. The summed E-state index contributed by atoms with van der Waals surface area (Å²) in [5.41, 5.74) is 6.77. The average Bonchev–Trinajstić information content (AvgIpc) is 2.54. The number of rotatable bonds is 3. The predicted octanol–water partition coefficient (Wildman–Crippen LogP) is 1.25. The van der Waals surface area contributed by atoms with Crippen molar-refractivity contribution in [1.82, 2.24) is 9.80 Å². The van der Waals surface area contributed by atoms with Gasteiger partial charge in [0.25, 0.3) is 0 Å². The van der Waals surface area contributed by atoms with Crippen LogP contribution in [-0.2, 0) is 6.54 Å². The summed E-state index contributed by atoms with van der Waals surface area (Å²) >= 11 is 0. The van der Waals surface area contributed by atoms with E-state index < -0.39 is 0 Å². The van der Waals surface area contributed by atoms with E-state index in [1.807, 2.05) is 0 Å². The molecule has 0 unspecified atom stereocenters. The highest BCUT2D eigenvalue weighted by Gasteiger charge is 2.13. The third-order valence-electron chi connectivity index (χ3n) is 3.49. The van der Waals surface area contributed by atoms with Gasteiger partial charge in [-0.3, -0.25) is 10.3 Å². The van der Waals surface area contributed by atoms with Crippen molar-refractivity contribution < 1.29 is 4.39 Å². The second-order valence-electron chi connectivity index (χ2n) is 5.19. The highest BCUT2D eigenvalue weighted by Crippen LogP contribution is 2.13. The predicted molar refractivity (Wildman–Crippen MR) is 74.8 cm³/mol. The molecule has 1 aliphatic rings. The van der Waals surface area contributed by atoms with Crippen LogP contribution in [0, 0.1) is 11.2 Å². The van der Waals surface area contributed by atoms with Crippen LogP contribution < -0.4 is 5.73 Å². The summed E-state index contributed by atoms with van der Waals surface area (Å²) in [5.74, 6) is -0.411. The summed E-state index contributed by atoms with van der Waals surface area (Å²) in [7, 11) is 2.12. The summed E-state index contributed by atoms with van der Waals surface area (Å²) in [5, 5.41) is 7.40. The molecule has 0 spiro atoms. The SMILES string of the molecule is CN1CCCN(Cc2cc(F)cc(C(=N)N)c2)CC1. The zero-order valence-corrected chi connectivity index (χ0v) is 11.3. The van der Waals surface area contributed by atoms with Crippen LogP contribution in [0.2, 0.25) is 0 Å². The molecule has 19 heavy (non-hydrogen) atoms. The molecule has 0 atom stereocenters. The van der Waals surface area contributed by atoms with Crippen molar-refractivity contribution >= 4 is 5.84 Å². The zero-order valence-electron chi connectivity index (χ0n) is 11.3. The number of halogens is 1. The number of nitrogens with two attached hydrogens (primary N) is 1. The maximum absolute atomic E-state index is 13.5. The van der Waals surface area contributed by atoms with Crippen molar-refractivity contribution in [3.8, 4) is 0 Å². The molecule has 104 valence electrons. The smallest absolute Gasteiger partial charge is 0.124 e. The molecule has 1 saturated heterocycles. The van der Waals surface area contributed by atoms with Crippen molar-refractivity contribution in [2.75, 3.05) is 33.2 Å². The van der Waals surface area contributed by atoms with Crippen molar-refractivity contribution in [2.24, 2.45) is 5.73 Å². The van der Waals surface area contributed by atoms with Gasteiger partial charge >= 0.3 is 0 Å². The second-order valence-corrected chi connectivity index (χ2v) is 5.19. The molecule has 1 aromatic carbocycles. The molecule has 3 N–H and O–H groups in total. The summed E-state index contributed by atoms with van der Waals surface area (Å²) in [6, 6.07) is 4.64. The van der Waals surface area contributed by atoms with E-state index in [9.17, 15) is 4.39 Å². The van der Waals surface area contributed by atoms with Gasteiger partial charge in [-0.1, -0.05) is 0 Å². The van der Waals surface area contributed by atoms with Crippen LogP contribution in [0.1, 0.15) is 17.5 Å². The summed E-state index contributed by atoms with van der Waals surface area (Å²) < 4.78 is 13.5. The first-order valence-corrected chi connectivity index (χ1v) is 6.59. The first-order valence-electron chi connectivity index (χ1n) is 6.59. The van der Waals surface area contributed by atoms with Crippen molar-refractivity contribution in [3.05, 3.63) is 35.1 Å². The highest BCUT2D eigenvalue weighted by atomic mass is 19.1. The van der Waals surface area contributed by atoms with Crippen LogP contribution in [0.4, 0.5) is 4.39 Å². The van der Waals surface area contributed by atoms with Gasteiger partial charge in [0.15, 0.2) is 0 Å². The average molecular weight is 264 g/mol. The van der Waals surface area contributed by atoms with E-state index in [0.717, 1.165) is 38.2 Å². The van der Waals surface area contributed by atoms with Crippen molar-refractivity contribution in [2.45, 2.75) is 13.0 Å². The molecule has 0 bridgehead atoms. The standard InChI is InChI=1S/C14H21FN4/c1-18-3-2-4-19(6-5-18)10-11-7-12(14(16)17)9-13(15)8-11/h7-9H,2-6,10H2,1H3,(H3,16,17). The monoisotopic (exact) mass is 264 g/mol. The number of likely N-dealkylation sites (N-methyl/N-ethyl adjacent to an activating group) is 1. The molecule has 1 aliphatic heterocycles. The largest absolute Gasteiger partial charge is 0.384 e. The van der Waals surface area contributed by atoms with Crippen LogP contribution in [-0.4, -0.2) is 48.9 Å². The molecule has 4 nitrogen and oxygen atoms in total. The fourth-order valence-electron chi connectivity index (χ4n) is 2.41. The molecule has 0 radical (unpaired) electrons. The summed E-state index contributed by atoms with van der Waals surface area (Å²) in [4.78, 5) is 4.63. The Kier molecular flexibility index (Phi) is 4.50. The van der Waals surface area contributed by atoms with Gasteiger partial charge in [0.2, 0.25) is 0 Å². The number of nitrogens with one attached hydrogen (secondary N) is 1. The molecule has 1 aromatic rings. The highest BCUT2D eigenvalue weighted by molar-refractivity contribution is 5.95. The van der Waals surface area contributed by atoms with Gasteiger partial charge in [0, 0.05) is 25.2 Å². The molecule has 1 fully saturated rings. The van der Waals surface area contributed by atoms with Crippen LogP contribution in [0.15, 0.2) is 18.2 Å². The van der Waals surface area contributed by atoms with Gasteiger partial charge in [0.05, 0.1) is 0 Å². The van der Waals surface area contributed by atoms with E-state index >= 15 is 0 Å². The zero-order chi connectivity index (χ0) is 13.8. The van der Waals surface area contributed by atoms with Gasteiger partial charge in [-0.15, -0.1) is 0 Å². The van der Waals surface area contributed by atoms with Gasteiger partial charge < -0.3 is 10.6 Å². The molecular weight excluding hydrogens is 243 g/mol. The Morgan fingerprint density at radius 1 is 1.26 bits per heavy atom. The Morgan fingerprint density at radius 2 is 2.05 bits per heavy atom. The maximum Gasteiger partial charge on any atom is 0.124 e. The van der Waals surface area contributed by atoms with Crippen molar-refractivity contribution in [3.63, 3.8) is 0 Å². The minimum Gasteiger partial charge on any atom is -0.384 e. The van der Waals surface area contributed by atoms with E-state index in [1.54, 1.807) is 6.07 Å². The number of nitrogen functional groups attached to an aromatic ring is 1. The Labute approximate surface area is 113 Å². The second kappa shape index (κ2) is 6.12. The first-order chi connectivity index (χ1) is 9.04. The molecule has 0 aromatic heterocycles. The van der Waals surface area contributed by atoms with Gasteiger partial charge in [0.1, 0.15) is 11.7 Å². The third kappa shape index (κ3) is 4.01. The molecule has 0 amide bonds. The van der Waals surface area contributed by atoms with E-state index in [-0.39, 0.29) is 11.7 Å². The van der Waals surface area contributed by atoms with Crippen LogP contribution in [0.5, 0.6) is 0 Å². The minimum absolute atomic E-state index is 0.0867. The topological polar surface area (TPSA) is 56.4 Å². The Hall–Kier alpha value is -1.46. The van der Waals surface area contributed by atoms with E-state index in [4.69, 9.17) is 11.1 Å². The number of hydrogen-bond acceptors (Lipinski definition) is 3. The van der Waals surface area contributed by atoms with Gasteiger partial charge in [-0.25, -0.2) is 4.39 Å². The maximum atomic E-state index is 13.5. The van der Waals surface area contributed by atoms with Crippen molar-refractivity contribution in [1.29, 1.82) is 5.41 Å². The van der Waals surface area contributed by atoms with Gasteiger partial charge in [-0.05, 0) is 50.3 Å². The lowest BCUT2D eigenvalue weighted by Gasteiger charge is -2.20. The first kappa shape index (κ1) is 14.0.